The van der Waals surface area contributed by atoms with Crippen LogP contribution in [0.15, 0.2) is 23.3 Å². The van der Waals surface area contributed by atoms with Gasteiger partial charge in [0.25, 0.3) is 5.91 Å². The number of nitrogens with two attached hydrogens (primary N) is 1. The van der Waals surface area contributed by atoms with Gasteiger partial charge in [0, 0.05) is 47.1 Å². The molecule has 1 aromatic heterocycles. The van der Waals surface area contributed by atoms with Crippen LogP contribution in [0.3, 0.4) is 0 Å². The molecule has 2 aliphatic rings. The van der Waals surface area contributed by atoms with Gasteiger partial charge in [-0.2, -0.15) is 0 Å². The number of aryl methyl sites for hydroxylation is 1. The van der Waals surface area contributed by atoms with Gasteiger partial charge in [0.1, 0.15) is 12.4 Å². The van der Waals surface area contributed by atoms with Gasteiger partial charge in [-0.15, -0.1) is 0 Å². The number of likely N-dealkylation sites (N-methyl/N-ethyl adjacent to an activating group) is 1. The maximum atomic E-state index is 12.2. The number of carbonyl (C=O) groups is 1. The predicted octanol–water partition coefficient (Wildman–Crippen LogP) is 2.76. The van der Waals surface area contributed by atoms with Crippen LogP contribution in [0.25, 0.3) is 11.1 Å². The van der Waals surface area contributed by atoms with Crippen molar-refractivity contribution in [2.45, 2.75) is 32.2 Å². The SMILES string of the molecule is C[C@@H](COc1cc(-c2cnc3c(c2)CCCO3)c2c(c1C(N)=O)CC=N2)N(C)C. The summed E-state index contributed by atoms with van der Waals surface area (Å²) in [5.41, 5.74) is 10.6. The number of rotatable bonds is 6. The molecule has 2 aliphatic heterocycles. The summed E-state index contributed by atoms with van der Waals surface area (Å²) in [7, 11) is 3.98. The third kappa shape index (κ3) is 3.70. The van der Waals surface area contributed by atoms with Crippen LogP contribution < -0.4 is 15.2 Å². The molecule has 0 fully saturated rings. The molecule has 7 nitrogen and oxygen atoms in total. The molecule has 0 aliphatic carbocycles. The van der Waals surface area contributed by atoms with Gasteiger partial charge in [-0.1, -0.05) is 0 Å². The van der Waals surface area contributed by atoms with Crippen molar-refractivity contribution >= 4 is 17.8 Å². The highest BCUT2D eigenvalue weighted by Gasteiger charge is 2.26. The third-order valence-electron chi connectivity index (χ3n) is 5.55. The summed E-state index contributed by atoms with van der Waals surface area (Å²) < 4.78 is 11.7. The average Bonchev–Trinajstić information content (AvgIpc) is 3.19. The van der Waals surface area contributed by atoms with E-state index in [9.17, 15) is 4.79 Å². The Kier molecular flexibility index (Phi) is 5.24. The minimum absolute atomic E-state index is 0.186. The quantitative estimate of drug-likeness (QED) is 0.814. The summed E-state index contributed by atoms with van der Waals surface area (Å²) in [5.74, 6) is 0.701. The van der Waals surface area contributed by atoms with Crippen molar-refractivity contribution in [2.24, 2.45) is 10.7 Å². The minimum atomic E-state index is -0.497. The van der Waals surface area contributed by atoms with Crippen molar-refractivity contribution in [1.29, 1.82) is 0 Å². The molecular weight excluding hydrogens is 368 g/mol. The number of aromatic nitrogens is 1. The molecule has 0 saturated heterocycles. The molecule has 0 unspecified atom stereocenters. The number of fused-ring (bicyclic) bond motifs is 2. The number of aliphatic imine (C=N–C) groups is 1. The van der Waals surface area contributed by atoms with E-state index in [4.69, 9.17) is 15.2 Å². The molecule has 2 N–H and O–H groups in total. The van der Waals surface area contributed by atoms with Crippen molar-refractivity contribution in [3.8, 4) is 22.8 Å². The number of hydrogen-bond donors (Lipinski definition) is 1. The van der Waals surface area contributed by atoms with Crippen molar-refractivity contribution in [1.82, 2.24) is 9.88 Å². The summed E-state index contributed by atoms with van der Waals surface area (Å²) in [4.78, 5) is 23.3. The predicted molar refractivity (Wildman–Crippen MR) is 113 cm³/mol. The number of pyridine rings is 1. The van der Waals surface area contributed by atoms with Gasteiger partial charge in [-0.3, -0.25) is 9.79 Å². The van der Waals surface area contributed by atoms with Crippen LogP contribution >= 0.6 is 0 Å². The van der Waals surface area contributed by atoms with Crippen LogP contribution in [-0.2, 0) is 12.8 Å². The second-order valence-corrected chi connectivity index (χ2v) is 7.77. The molecule has 1 amide bonds. The monoisotopic (exact) mass is 394 g/mol. The number of amides is 1. The van der Waals surface area contributed by atoms with Crippen LogP contribution in [-0.4, -0.2) is 55.4 Å². The number of primary amides is 1. The van der Waals surface area contributed by atoms with E-state index >= 15 is 0 Å². The zero-order valence-electron chi connectivity index (χ0n) is 17.1. The highest BCUT2D eigenvalue weighted by molar-refractivity contribution is 6.03. The number of hydrogen-bond acceptors (Lipinski definition) is 6. The standard InChI is InChI=1S/C22H26N4O3/c1-13(26(2)3)12-29-18-10-17(20-16(6-7-24-20)19(18)21(23)27)15-9-14-5-4-8-28-22(14)25-11-15/h7,9-11,13H,4-6,8,12H2,1-3H3,(H2,23,27)/t13-/m0/s1. The van der Waals surface area contributed by atoms with Gasteiger partial charge in [0.2, 0.25) is 5.88 Å². The first-order chi connectivity index (χ1) is 14.0. The molecule has 152 valence electrons. The minimum Gasteiger partial charge on any atom is -0.491 e. The second-order valence-electron chi connectivity index (χ2n) is 7.77. The lowest BCUT2D eigenvalue weighted by atomic mass is 9.94. The van der Waals surface area contributed by atoms with Crippen LogP contribution in [0.5, 0.6) is 11.6 Å². The second kappa shape index (κ2) is 7.83. The lowest BCUT2D eigenvalue weighted by Crippen LogP contribution is -2.31. The zero-order chi connectivity index (χ0) is 20.5. The molecule has 4 rings (SSSR count). The molecule has 3 heterocycles. The Balaban J connectivity index is 1.80. The summed E-state index contributed by atoms with van der Waals surface area (Å²) >= 11 is 0. The molecule has 1 atom stereocenters. The van der Waals surface area contributed by atoms with Gasteiger partial charge < -0.3 is 20.1 Å². The van der Waals surface area contributed by atoms with Gasteiger partial charge >= 0.3 is 0 Å². The molecule has 29 heavy (non-hydrogen) atoms. The van der Waals surface area contributed by atoms with Crippen LogP contribution in [0.1, 0.15) is 34.8 Å². The van der Waals surface area contributed by atoms with E-state index in [0.29, 0.717) is 36.8 Å². The molecule has 0 radical (unpaired) electrons. The lowest BCUT2D eigenvalue weighted by molar-refractivity contribution is 0.0994. The van der Waals surface area contributed by atoms with Crippen molar-refractivity contribution in [2.75, 3.05) is 27.3 Å². The first-order valence-corrected chi connectivity index (χ1v) is 9.89. The normalized spacial score (nSPS) is 15.6. The van der Waals surface area contributed by atoms with E-state index < -0.39 is 5.91 Å². The summed E-state index contributed by atoms with van der Waals surface area (Å²) in [6, 6.07) is 4.16. The molecular formula is C22H26N4O3. The average molecular weight is 394 g/mol. The molecule has 1 aromatic carbocycles. The number of benzene rings is 1. The fourth-order valence-corrected chi connectivity index (χ4v) is 3.62. The van der Waals surface area contributed by atoms with Gasteiger partial charge in [-0.25, -0.2) is 4.98 Å². The van der Waals surface area contributed by atoms with Gasteiger partial charge in [0.05, 0.1) is 17.9 Å². The van der Waals surface area contributed by atoms with E-state index in [1.807, 2.05) is 26.4 Å². The van der Waals surface area contributed by atoms with Crippen molar-refractivity contribution in [3.05, 3.63) is 35.0 Å². The van der Waals surface area contributed by atoms with E-state index in [1.165, 1.54) is 0 Å². The Morgan fingerprint density at radius 2 is 2.21 bits per heavy atom. The molecule has 0 saturated carbocycles. The van der Waals surface area contributed by atoms with E-state index in [1.54, 1.807) is 6.20 Å². The van der Waals surface area contributed by atoms with Crippen molar-refractivity contribution < 1.29 is 14.3 Å². The first-order valence-electron chi connectivity index (χ1n) is 9.89. The van der Waals surface area contributed by atoms with Crippen LogP contribution in [0.2, 0.25) is 0 Å². The number of ether oxygens (including phenoxy) is 2. The maximum Gasteiger partial charge on any atom is 0.252 e. The van der Waals surface area contributed by atoms with Crippen LogP contribution in [0.4, 0.5) is 5.69 Å². The highest BCUT2D eigenvalue weighted by atomic mass is 16.5. The Morgan fingerprint density at radius 3 is 2.97 bits per heavy atom. The number of nitrogens with zero attached hydrogens (tertiary/aromatic N) is 3. The topological polar surface area (TPSA) is 90.0 Å². The zero-order valence-corrected chi connectivity index (χ0v) is 17.1. The first kappa shape index (κ1) is 19.4. The Bertz CT molecular complexity index is 985. The largest absolute Gasteiger partial charge is 0.491 e. The summed E-state index contributed by atoms with van der Waals surface area (Å²) in [5, 5.41) is 0. The molecule has 0 spiro atoms. The molecule has 2 aromatic rings. The Labute approximate surface area is 170 Å². The van der Waals surface area contributed by atoms with Crippen molar-refractivity contribution in [3.63, 3.8) is 0 Å². The van der Waals surface area contributed by atoms with E-state index in [2.05, 4.69) is 27.9 Å². The van der Waals surface area contributed by atoms with Gasteiger partial charge in [-0.05, 0) is 46.0 Å². The van der Waals surface area contributed by atoms with E-state index in [0.717, 1.165) is 40.8 Å². The Hall–Kier alpha value is -2.93. The molecule has 0 bridgehead atoms. The summed E-state index contributed by atoms with van der Waals surface area (Å²) in [6.45, 7) is 3.21. The summed E-state index contributed by atoms with van der Waals surface area (Å²) in [6.07, 6.45) is 6.07. The smallest absolute Gasteiger partial charge is 0.252 e. The van der Waals surface area contributed by atoms with Gasteiger partial charge in [0.15, 0.2) is 0 Å². The fraction of sp³-hybridized carbons (Fsp3) is 0.409. The fourth-order valence-electron chi connectivity index (χ4n) is 3.62. The molecule has 7 heteroatoms. The number of carbonyl (C=O) groups excluding carboxylic acids is 1. The van der Waals surface area contributed by atoms with Crippen LogP contribution in [0, 0.1) is 0 Å². The lowest BCUT2D eigenvalue weighted by Gasteiger charge is -2.22. The third-order valence-corrected chi connectivity index (χ3v) is 5.55. The van der Waals surface area contributed by atoms with E-state index in [-0.39, 0.29) is 6.04 Å². The highest BCUT2D eigenvalue weighted by Crippen LogP contribution is 2.43. The maximum absolute atomic E-state index is 12.2. The Morgan fingerprint density at radius 1 is 1.38 bits per heavy atom.